The molecule has 1 heterocycles. The number of carbonyl (C=O) groups is 1. The number of benzene rings is 1. The molecule has 0 unspecified atom stereocenters. The first kappa shape index (κ1) is 12.5. The lowest BCUT2D eigenvalue weighted by Gasteiger charge is -2.25. The van der Waals surface area contributed by atoms with Crippen molar-refractivity contribution in [1.82, 2.24) is 4.57 Å². The molecule has 0 fully saturated rings. The van der Waals surface area contributed by atoms with Crippen molar-refractivity contribution >= 4 is 16.9 Å². The number of hydrogen-bond acceptors (Lipinski definition) is 2. The van der Waals surface area contributed by atoms with Crippen molar-refractivity contribution in [1.29, 1.82) is 0 Å². The summed E-state index contributed by atoms with van der Waals surface area (Å²) in [5.41, 5.74) is 1.58. The Morgan fingerprint density at radius 3 is 2.39 bits per heavy atom. The van der Waals surface area contributed by atoms with Crippen LogP contribution in [0, 0.1) is 6.92 Å². The van der Waals surface area contributed by atoms with Gasteiger partial charge < -0.3 is 14.8 Å². The molecular formula is C14H17NO3. The minimum absolute atomic E-state index is 0.0797. The first-order valence-electron chi connectivity index (χ1n) is 5.81. The third kappa shape index (κ3) is 1.74. The molecule has 0 aliphatic carbocycles. The fraction of sp³-hybridized carbons (Fsp3) is 0.357. The average Bonchev–Trinajstić information content (AvgIpc) is 2.48. The van der Waals surface area contributed by atoms with E-state index in [0.29, 0.717) is 11.1 Å². The molecule has 96 valence electrons. The molecule has 0 aliphatic heterocycles. The quantitative estimate of drug-likeness (QED) is 0.813. The second-order valence-corrected chi connectivity index (χ2v) is 5.47. The lowest BCUT2D eigenvalue weighted by atomic mass is 10.1. The summed E-state index contributed by atoms with van der Waals surface area (Å²) in [7, 11) is 0. The molecule has 1 aromatic carbocycles. The maximum absolute atomic E-state index is 11.4. The summed E-state index contributed by atoms with van der Waals surface area (Å²) >= 11 is 0. The van der Waals surface area contributed by atoms with Crippen LogP contribution in [0.5, 0.6) is 5.75 Å². The molecule has 0 bridgehead atoms. The van der Waals surface area contributed by atoms with E-state index in [1.54, 1.807) is 19.1 Å². The topological polar surface area (TPSA) is 62.5 Å². The van der Waals surface area contributed by atoms with Crippen LogP contribution in [0.25, 0.3) is 10.9 Å². The van der Waals surface area contributed by atoms with Crippen molar-refractivity contribution in [3.05, 3.63) is 29.5 Å². The zero-order chi connectivity index (χ0) is 13.7. The summed E-state index contributed by atoms with van der Waals surface area (Å²) in [6.45, 7) is 7.87. The molecule has 1 aromatic heterocycles. The van der Waals surface area contributed by atoms with Crippen LogP contribution in [0.1, 0.15) is 36.8 Å². The van der Waals surface area contributed by atoms with Gasteiger partial charge in [0.25, 0.3) is 0 Å². The van der Waals surface area contributed by atoms with Crippen molar-refractivity contribution in [2.45, 2.75) is 33.2 Å². The highest BCUT2D eigenvalue weighted by Gasteiger charge is 2.25. The van der Waals surface area contributed by atoms with Gasteiger partial charge in [-0.25, -0.2) is 4.79 Å². The largest absolute Gasteiger partial charge is 0.508 e. The van der Waals surface area contributed by atoms with E-state index in [0.717, 1.165) is 5.52 Å². The monoisotopic (exact) mass is 247 g/mol. The standard InChI is InChI=1S/C14H17NO3/c1-8-12(13(17)18)10-7-9(16)5-6-11(10)15(8)14(2,3)4/h5-7,16H,1-4H3,(H,17,18). The van der Waals surface area contributed by atoms with Crippen LogP contribution in [-0.4, -0.2) is 20.7 Å². The Kier molecular flexibility index (Phi) is 2.61. The van der Waals surface area contributed by atoms with Gasteiger partial charge in [-0.05, 0) is 45.9 Å². The van der Waals surface area contributed by atoms with Gasteiger partial charge in [0, 0.05) is 22.1 Å². The van der Waals surface area contributed by atoms with E-state index in [1.165, 1.54) is 6.07 Å². The Balaban J connectivity index is 2.97. The summed E-state index contributed by atoms with van der Waals surface area (Å²) < 4.78 is 1.99. The molecule has 0 radical (unpaired) electrons. The molecule has 2 aromatic rings. The van der Waals surface area contributed by atoms with E-state index in [1.807, 2.05) is 25.3 Å². The molecule has 2 rings (SSSR count). The predicted molar refractivity (Wildman–Crippen MR) is 70.3 cm³/mol. The van der Waals surface area contributed by atoms with Crippen LogP contribution in [0.4, 0.5) is 0 Å². The fourth-order valence-corrected chi connectivity index (χ4v) is 2.54. The van der Waals surface area contributed by atoms with Gasteiger partial charge in [-0.15, -0.1) is 0 Å². The smallest absolute Gasteiger partial charge is 0.338 e. The molecule has 0 spiro atoms. The van der Waals surface area contributed by atoms with Gasteiger partial charge in [0.1, 0.15) is 5.75 Å². The summed E-state index contributed by atoms with van der Waals surface area (Å²) in [5.74, 6) is -0.887. The van der Waals surface area contributed by atoms with Gasteiger partial charge in [0.15, 0.2) is 0 Å². The molecule has 18 heavy (non-hydrogen) atoms. The zero-order valence-corrected chi connectivity index (χ0v) is 11.0. The number of nitrogens with zero attached hydrogens (tertiary/aromatic N) is 1. The molecule has 0 saturated carbocycles. The van der Waals surface area contributed by atoms with Gasteiger partial charge >= 0.3 is 5.97 Å². The number of rotatable bonds is 1. The fourth-order valence-electron chi connectivity index (χ4n) is 2.54. The van der Waals surface area contributed by atoms with Gasteiger partial charge in [-0.1, -0.05) is 0 Å². The Bertz CT molecular complexity index is 633. The minimum Gasteiger partial charge on any atom is -0.508 e. The van der Waals surface area contributed by atoms with Crippen LogP contribution in [0.3, 0.4) is 0 Å². The van der Waals surface area contributed by atoms with Gasteiger partial charge in [0.05, 0.1) is 5.56 Å². The number of aromatic nitrogens is 1. The normalized spacial score (nSPS) is 12.0. The van der Waals surface area contributed by atoms with Gasteiger partial charge in [-0.3, -0.25) is 0 Å². The van der Waals surface area contributed by atoms with Crippen molar-refractivity contribution in [2.75, 3.05) is 0 Å². The third-order valence-electron chi connectivity index (χ3n) is 3.07. The van der Waals surface area contributed by atoms with E-state index in [-0.39, 0.29) is 16.9 Å². The second kappa shape index (κ2) is 3.77. The molecular weight excluding hydrogens is 230 g/mol. The first-order valence-corrected chi connectivity index (χ1v) is 5.81. The Hall–Kier alpha value is -1.97. The minimum atomic E-state index is -0.967. The predicted octanol–water partition coefficient (Wildman–Crippen LogP) is 3.11. The molecule has 2 N–H and O–H groups in total. The number of aromatic hydroxyl groups is 1. The van der Waals surface area contributed by atoms with Gasteiger partial charge in [0.2, 0.25) is 0 Å². The third-order valence-corrected chi connectivity index (χ3v) is 3.07. The maximum atomic E-state index is 11.4. The number of phenolic OH excluding ortho intramolecular Hbond substituents is 1. The zero-order valence-electron chi connectivity index (χ0n) is 11.0. The van der Waals surface area contributed by atoms with E-state index >= 15 is 0 Å². The highest BCUT2D eigenvalue weighted by Crippen LogP contribution is 2.33. The Morgan fingerprint density at radius 2 is 1.89 bits per heavy atom. The van der Waals surface area contributed by atoms with Crippen LogP contribution < -0.4 is 0 Å². The number of carboxylic acid groups (broad SMARTS) is 1. The highest BCUT2D eigenvalue weighted by atomic mass is 16.4. The Morgan fingerprint density at radius 1 is 1.28 bits per heavy atom. The SMILES string of the molecule is Cc1c(C(=O)O)c2cc(O)ccc2n1C(C)(C)C. The van der Waals surface area contributed by atoms with Crippen molar-refractivity contribution in [3.63, 3.8) is 0 Å². The van der Waals surface area contributed by atoms with Gasteiger partial charge in [-0.2, -0.15) is 0 Å². The van der Waals surface area contributed by atoms with Crippen LogP contribution in [0.15, 0.2) is 18.2 Å². The molecule has 0 aliphatic rings. The lowest BCUT2D eigenvalue weighted by Crippen LogP contribution is -2.23. The van der Waals surface area contributed by atoms with E-state index < -0.39 is 5.97 Å². The highest BCUT2D eigenvalue weighted by molar-refractivity contribution is 6.05. The van der Waals surface area contributed by atoms with E-state index in [4.69, 9.17) is 0 Å². The molecule has 4 heteroatoms. The van der Waals surface area contributed by atoms with Crippen LogP contribution in [0.2, 0.25) is 0 Å². The van der Waals surface area contributed by atoms with E-state index in [2.05, 4.69) is 0 Å². The van der Waals surface area contributed by atoms with Crippen molar-refractivity contribution in [3.8, 4) is 5.75 Å². The number of phenols is 1. The summed E-state index contributed by atoms with van der Waals surface area (Å²) in [4.78, 5) is 11.4. The van der Waals surface area contributed by atoms with Crippen molar-refractivity contribution < 1.29 is 15.0 Å². The Labute approximate surface area is 105 Å². The average molecular weight is 247 g/mol. The molecule has 0 atom stereocenters. The second-order valence-electron chi connectivity index (χ2n) is 5.47. The van der Waals surface area contributed by atoms with Crippen molar-refractivity contribution in [2.24, 2.45) is 0 Å². The number of carboxylic acids is 1. The van der Waals surface area contributed by atoms with Crippen LogP contribution in [-0.2, 0) is 5.54 Å². The lowest BCUT2D eigenvalue weighted by molar-refractivity contribution is 0.0697. The molecule has 0 saturated heterocycles. The molecule has 4 nitrogen and oxygen atoms in total. The maximum Gasteiger partial charge on any atom is 0.338 e. The number of hydrogen-bond donors (Lipinski definition) is 2. The number of fused-ring (bicyclic) bond motifs is 1. The van der Waals surface area contributed by atoms with E-state index in [9.17, 15) is 15.0 Å². The van der Waals surface area contributed by atoms with Crippen LogP contribution >= 0.6 is 0 Å². The summed E-state index contributed by atoms with van der Waals surface area (Å²) in [5, 5.41) is 19.5. The number of aromatic carboxylic acids is 1. The molecule has 0 amide bonds. The summed E-state index contributed by atoms with van der Waals surface area (Å²) in [6, 6.07) is 4.85. The summed E-state index contributed by atoms with van der Waals surface area (Å²) in [6.07, 6.45) is 0. The first-order chi connectivity index (χ1) is 8.23.